The van der Waals surface area contributed by atoms with Crippen molar-refractivity contribution < 1.29 is 14.3 Å². The zero-order chi connectivity index (χ0) is 21.1. The maximum absolute atomic E-state index is 12.3. The average Bonchev–Trinajstić information content (AvgIpc) is 3.09. The van der Waals surface area contributed by atoms with Gasteiger partial charge in [0.05, 0.1) is 10.0 Å². The molecule has 0 radical (unpaired) electrons. The van der Waals surface area contributed by atoms with Gasteiger partial charge in [0.2, 0.25) is 0 Å². The van der Waals surface area contributed by atoms with Crippen molar-refractivity contribution in [1.29, 1.82) is 0 Å². The Labute approximate surface area is 196 Å². The van der Waals surface area contributed by atoms with Crippen LogP contribution in [0.25, 0.3) is 11.8 Å². The summed E-state index contributed by atoms with van der Waals surface area (Å²) in [5, 5.41) is 0.631. The molecule has 0 spiro atoms. The molecule has 0 bridgehead atoms. The fraction of sp³-hybridized carbons (Fsp3) is 0.0417. The second kappa shape index (κ2) is 9.21. The molecule has 0 unspecified atom stereocenters. The lowest BCUT2D eigenvalue weighted by molar-refractivity contribution is -0.130. The Balaban J connectivity index is 1.49. The Morgan fingerprint density at radius 1 is 0.967 bits per heavy atom. The van der Waals surface area contributed by atoms with E-state index in [2.05, 4.69) is 31.9 Å². The van der Waals surface area contributed by atoms with Gasteiger partial charge in [-0.1, -0.05) is 45.7 Å². The molecule has 4 rings (SSSR count). The third-order valence-corrected chi connectivity index (χ3v) is 5.84. The zero-order valence-corrected chi connectivity index (χ0v) is 19.5. The fourth-order valence-corrected chi connectivity index (χ4v) is 3.79. The maximum atomic E-state index is 12.3. The molecule has 1 aliphatic heterocycles. The van der Waals surface area contributed by atoms with Gasteiger partial charge in [-0.25, -0.2) is 4.79 Å². The van der Waals surface area contributed by atoms with Crippen LogP contribution in [0.4, 0.5) is 0 Å². The molecule has 1 heterocycles. The molecular formula is C24H15Br2ClO3. The molecule has 0 aliphatic carbocycles. The Kier molecular flexibility index (Phi) is 6.42. The van der Waals surface area contributed by atoms with Gasteiger partial charge in [0.15, 0.2) is 0 Å². The summed E-state index contributed by atoms with van der Waals surface area (Å²) in [6, 6.07) is 20.8. The van der Waals surface area contributed by atoms with Gasteiger partial charge in [0.25, 0.3) is 0 Å². The summed E-state index contributed by atoms with van der Waals surface area (Å²) in [5.74, 6) is 0.856. The van der Waals surface area contributed by atoms with E-state index < -0.39 is 0 Å². The van der Waals surface area contributed by atoms with Gasteiger partial charge in [-0.2, -0.15) is 0 Å². The normalized spacial score (nSPS) is 14.6. The molecule has 0 aromatic heterocycles. The monoisotopic (exact) mass is 544 g/mol. The lowest BCUT2D eigenvalue weighted by Crippen LogP contribution is -1.98. The van der Waals surface area contributed by atoms with Crippen LogP contribution in [0.1, 0.15) is 16.7 Å². The van der Waals surface area contributed by atoms with Crippen LogP contribution in [0.5, 0.6) is 5.75 Å². The summed E-state index contributed by atoms with van der Waals surface area (Å²) in [6.07, 6.45) is 3.52. The van der Waals surface area contributed by atoms with Crippen molar-refractivity contribution in [2.45, 2.75) is 6.61 Å². The molecule has 1 aliphatic rings. The third kappa shape index (κ3) is 5.04. The highest BCUT2D eigenvalue weighted by Gasteiger charge is 2.22. The van der Waals surface area contributed by atoms with Gasteiger partial charge in [-0.05, 0) is 87.7 Å². The van der Waals surface area contributed by atoms with E-state index in [9.17, 15) is 4.79 Å². The molecule has 3 aromatic rings. The Bertz CT molecular complexity index is 1150. The molecule has 0 N–H and O–H groups in total. The van der Waals surface area contributed by atoms with Gasteiger partial charge < -0.3 is 9.47 Å². The summed E-state index contributed by atoms with van der Waals surface area (Å²) in [7, 11) is 0. The van der Waals surface area contributed by atoms with Crippen molar-refractivity contribution in [3.05, 3.63) is 109 Å². The number of benzene rings is 3. The SMILES string of the molecule is O=C1OC(c2ccc(Cl)cc2)=C/C1=C\c1ccc(OCc2ccc(Br)cc2)c(Br)c1. The van der Waals surface area contributed by atoms with Gasteiger partial charge in [0.1, 0.15) is 18.1 Å². The molecule has 0 saturated carbocycles. The highest BCUT2D eigenvalue weighted by atomic mass is 79.9. The number of hydrogen-bond acceptors (Lipinski definition) is 3. The minimum atomic E-state index is -0.383. The fourth-order valence-electron chi connectivity index (χ4n) is 2.89. The van der Waals surface area contributed by atoms with Crippen LogP contribution in [-0.2, 0) is 16.1 Å². The van der Waals surface area contributed by atoms with Gasteiger partial charge in [-0.15, -0.1) is 0 Å². The van der Waals surface area contributed by atoms with Crippen LogP contribution >= 0.6 is 43.5 Å². The summed E-state index contributed by atoms with van der Waals surface area (Å²) in [4.78, 5) is 12.3. The average molecular weight is 547 g/mol. The first-order chi connectivity index (χ1) is 14.5. The van der Waals surface area contributed by atoms with Gasteiger partial charge >= 0.3 is 5.97 Å². The quantitative estimate of drug-likeness (QED) is 0.247. The second-order valence-electron chi connectivity index (χ2n) is 6.61. The topological polar surface area (TPSA) is 35.5 Å². The minimum absolute atomic E-state index is 0.383. The van der Waals surface area contributed by atoms with Crippen molar-refractivity contribution in [2.75, 3.05) is 0 Å². The lowest BCUT2D eigenvalue weighted by Gasteiger charge is -2.09. The molecular weight excluding hydrogens is 532 g/mol. The van der Waals surface area contributed by atoms with Crippen LogP contribution in [0.2, 0.25) is 5.02 Å². The molecule has 0 fully saturated rings. The molecule has 3 aromatic carbocycles. The summed E-state index contributed by atoms with van der Waals surface area (Å²) >= 11 is 12.9. The van der Waals surface area contributed by atoms with Crippen LogP contribution in [-0.4, -0.2) is 5.97 Å². The summed E-state index contributed by atoms with van der Waals surface area (Å²) < 4.78 is 13.1. The number of carbonyl (C=O) groups excluding carboxylic acids is 1. The second-order valence-corrected chi connectivity index (χ2v) is 8.82. The van der Waals surface area contributed by atoms with E-state index in [0.717, 1.165) is 31.4 Å². The van der Waals surface area contributed by atoms with Crippen LogP contribution in [0.3, 0.4) is 0 Å². The smallest absolute Gasteiger partial charge is 0.343 e. The molecule has 30 heavy (non-hydrogen) atoms. The number of carbonyl (C=O) groups is 1. The standard InChI is InChI=1S/C24H15Br2ClO3/c25-19-6-1-15(2-7-19)14-29-22-10-3-16(12-21(22)26)11-18-13-23(30-24(18)28)17-4-8-20(27)9-5-17/h1-13H,14H2/b18-11+. The highest BCUT2D eigenvalue weighted by Crippen LogP contribution is 2.31. The molecule has 0 amide bonds. The largest absolute Gasteiger partial charge is 0.488 e. The van der Waals surface area contributed by atoms with E-state index in [-0.39, 0.29) is 5.97 Å². The molecule has 150 valence electrons. The van der Waals surface area contributed by atoms with E-state index in [1.165, 1.54) is 0 Å². The van der Waals surface area contributed by atoms with E-state index in [4.69, 9.17) is 21.1 Å². The Hall–Kier alpha value is -2.34. The van der Waals surface area contributed by atoms with Crippen molar-refractivity contribution in [3.8, 4) is 5.75 Å². The Morgan fingerprint density at radius 2 is 1.70 bits per heavy atom. The van der Waals surface area contributed by atoms with Crippen molar-refractivity contribution >= 4 is 61.3 Å². The van der Waals surface area contributed by atoms with E-state index in [1.54, 1.807) is 24.3 Å². The van der Waals surface area contributed by atoms with Crippen LogP contribution < -0.4 is 4.74 Å². The molecule has 0 atom stereocenters. The lowest BCUT2D eigenvalue weighted by atomic mass is 10.1. The molecule has 6 heteroatoms. The van der Waals surface area contributed by atoms with Crippen LogP contribution in [0, 0.1) is 0 Å². The maximum Gasteiger partial charge on any atom is 0.343 e. The van der Waals surface area contributed by atoms with Crippen molar-refractivity contribution in [3.63, 3.8) is 0 Å². The van der Waals surface area contributed by atoms with Crippen molar-refractivity contribution in [2.24, 2.45) is 0 Å². The first-order valence-corrected chi connectivity index (χ1v) is 11.0. The number of ether oxygens (including phenoxy) is 2. The van der Waals surface area contributed by atoms with Crippen LogP contribution in [0.15, 0.2) is 87.3 Å². The number of esters is 1. The van der Waals surface area contributed by atoms with E-state index >= 15 is 0 Å². The number of halogens is 3. The van der Waals surface area contributed by atoms with Crippen molar-refractivity contribution in [1.82, 2.24) is 0 Å². The zero-order valence-electron chi connectivity index (χ0n) is 15.6. The number of cyclic esters (lactones) is 1. The third-order valence-electron chi connectivity index (χ3n) is 4.44. The Morgan fingerprint density at radius 3 is 2.40 bits per heavy atom. The summed E-state index contributed by atoms with van der Waals surface area (Å²) in [5.41, 5.74) is 3.22. The summed E-state index contributed by atoms with van der Waals surface area (Å²) in [6.45, 7) is 0.464. The first-order valence-electron chi connectivity index (χ1n) is 9.06. The van der Waals surface area contributed by atoms with E-state index in [1.807, 2.05) is 54.6 Å². The molecule has 0 saturated heterocycles. The molecule has 3 nitrogen and oxygen atoms in total. The predicted molar refractivity (Wildman–Crippen MR) is 126 cm³/mol. The van der Waals surface area contributed by atoms with Gasteiger partial charge in [-0.3, -0.25) is 0 Å². The van der Waals surface area contributed by atoms with Gasteiger partial charge in [0, 0.05) is 15.1 Å². The number of hydrogen-bond donors (Lipinski definition) is 0. The first kappa shape index (κ1) is 20.9. The highest BCUT2D eigenvalue weighted by molar-refractivity contribution is 9.10. The predicted octanol–water partition coefficient (Wildman–Crippen LogP) is 7.43. The number of rotatable bonds is 5. The van der Waals surface area contributed by atoms with E-state index in [0.29, 0.717) is 23.0 Å². The minimum Gasteiger partial charge on any atom is -0.488 e.